The van der Waals surface area contributed by atoms with Crippen LogP contribution in [0.1, 0.15) is 6.92 Å². The first-order valence-corrected chi connectivity index (χ1v) is 7.09. The molecule has 0 saturated heterocycles. The summed E-state index contributed by atoms with van der Waals surface area (Å²) >= 11 is 6.79. The van der Waals surface area contributed by atoms with Gasteiger partial charge < -0.3 is 10.6 Å². The Morgan fingerprint density at radius 3 is 2.37 bits per heavy atom. The van der Waals surface area contributed by atoms with E-state index in [-0.39, 0.29) is 5.91 Å². The number of amides is 1. The number of carbonyl (C=O) groups excluding carboxylic acids is 1. The van der Waals surface area contributed by atoms with Crippen molar-refractivity contribution in [1.82, 2.24) is 4.98 Å². The van der Waals surface area contributed by atoms with E-state index >= 15 is 0 Å². The molecule has 0 aliphatic carbocycles. The predicted octanol–water partition coefficient (Wildman–Crippen LogP) is 4.31. The molecule has 0 radical (unpaired) electrons. The molecule has 2 aromatic rings. The average Bonchev–Trinajstić information content (AvgIpc) is 2.34. The maximum Gasteiger partial charge on any atom is 0.221 e. The Morgan fingerprint density at radius 1 is 1.16 bits per heavy atom. The normalized spacial score (nSPS) is 10.1. The number of rotatable bonds is 3. The average molecular weight is 385 g/mol. The number of benzene rings is 1. The molecular weight excluding hydrogens is 374 g/mol. The molecule has 0 aliphatic rings. The first-order chi connectivity index (χ1) is 9.04. The van der Waals surface area contributed by atoms with E-state index in [0.29, 0.717) is 0 Å². The monoisotopic (exact) mass is 383 g/mol. The van der Waals surface area contributed by atoms with Gasteiger partial charge in [0, 0.05) is 29.0 Å². The van der Waals surface area contributed by atoms with Gasteiger partial charge in [-0.15, -0.1) is 0 Å². The third kappa shape index (κ3) is 4.04. The van der Waals surface area contributed by atoms with E-state index in [1.165, 1.54) is 6.92 Å². The fraction of sp³-hybridized carbons (Fsp3) is 0.0769. The summed E-state index contributed by atoms with van der Waals surface area (Å²) in [6.07, 6.45) is 1.72. The molecule has 2 rings (SSSR count). The van der Waals surface area contributed by atoms with Crippen molar-refractivity contribution in [1.29, 1.82) is 0 Å². The van der Waals surface area contributed by atoms with E-state index in [1.54, 1.807) is 6.20 Å². The standard InChI is InChI=1S/C13H11Br2N3O/c1-8(19)17-10-2-4-11(5-3-10)18-13-12(15)6-9(14)7-16-13/h2-7H,1H3,(H,16,18)(H,17,19). The Bertz CT molecular complexity index is 599. The number of nitrogens with one attached hydrogen (secondary N) is 2. The lowest BCUT2D eigenvalue weighted by atomic mass is 10.2. The highest BCUT2D eigenvalue weighted by molar-refractivity contribution is 9.11. The molecule has 0 atom stereocenters. The van der Waals surface area contributed by atoms with E-state index in [1.807, 2.05) is 30.3 Å². The summed E-state index contributed by atoms with van der Waals surface area (Å²) < 4.78 is 1.78. The highest BCUT2D eigenvalue weighted by atomic mass is 79.9. The van der Waals surface area contributed by atoms with Crippen molar-refractivity contribution < 1.29 is 4.79 Å². The molecule has 19 heavy (non-hydrogen) atoms. The van der Waals surface area contributed by atoms with Crippen LogP contribution in [0, 0.1) is 0 Å². The molecule has 1 heterocycles. The van der Waals surface area contributed by atoms with Crippen LogP contribution in [-0.2, 0) is 4.79 Å². The second kappa shape index (κ2) is 6.16. The number of carbonyl (C=O) groups is 1. The highest BCUT2D eigenvalue weighted by Gasteiger charge is 2.03. The summed E-state index contributed by atoms with van der Waals surface area (Å²) in [5.41, 5.74) is 1.66. The third-order valence-electron chi connectivity index (χ3n) is 2.28. The molecule has 6 heteroatoms. The Balaban J connectivity index is 2.13. The molecule has 1 aromatic carbocycles. The third-order valence-corrected chi connectivity index (χ3v) is 3.31. The van der Waals surface area contributed by atoms with Gasteiger partial charge in [-0.3, -0.25) is 4.79 Å². The van der Waals surface area contributed by atoms with Crippen LogP contribution in [0.15, 0.2) is 45.5 Å². The second-order valence-corrected chi connectivity index (χ2v) is 5.64. The van der Waals surface area contributed by atoms with Crippen LogP contribution in [-0.4, -0.2) is 10.9 Å². The van der Waals surface area contributed by atoms with Gasteiger partial charge in [0.15, 0.2) is 0 Å². The van der Waals surface area contributed by atoms with Crippen LogP contribution < -0.4 is 10.6 Å². The van der Waals surface area contributed by atoms with Crippen LogP contribution in [0.4, 0.5) is 17.2 Å². The summed E-state index contributed by atoms with van der Waals surface area (Å²) in [5.74, 6) is 0.647. The minimum Gasteiger partial charge on any atom is -0.339 e. The summed E-state index contributed by atoms with van der Waals surface area (Å²) in [6.45, 7) is 1.48. The van der Waals surface area contributed by atoms with Crippen molar-refractivity contribution in [3.8, 4) is 0 Å². The van der Waals surface area contributed by atoms with Crippen molar-refractivity contribution >= 4 is 55.0 Å². The molecule has 1 aromatic heterocycles. The molecule has 0 spiro atoms. The van der Waals surface area contributed by atoms with Gasteiger partial charge in [-0.25, -0.2) is 4.98 Å². The van der Waals surface area contributed by atoms with Crippen LogP contribution in [0.25, 0.3) is 0 Å². The largest absolute Gasteiger partial charge is 0.339 e. The summed E-state index contributed by atoms with van der Waals surface area (Å²) in [6, 6.07) is 9.33. The van der Waals surface area contributed by atoms with Crippen LogP contribution in [0.2, 0.25) is 0 Å². The molecule has 4 nitrogen and oxygen atoms in total. The fourth-order valence-electron chi connectivity index (χ4n) is 1.48. The van der Waals surface area contributed by atoms with Crippen LogP contribution in [0.5, 0.6) is 0 Å². The Hall–Kier alpha value is -1.40. The quantitative estimate of drug-likeness (QED) is 0.828. The SMILES string of the molecule is CC(=O)Nc1ccc(Nc2ncc(Br)cc2Br)cc1. The van der Waals surface area contributed by atoms with Gasteiger partial charge in [-0.2, -0.15) is 0 Å². The second-order valence-electron chi connectivity index (χ2n) is 3.87. The number of halogens is 2. The van der Waals surface area contributed by atoms with E-state index in [4.69, 9.17) is 0 Å². The lowest BCUT2D eigenvalue weighted by Crippen LogP contribution is -2.05. The first kappa shape index (κ1) is 14.0. The van der Waals surface area contributed by atoms with Crippen LogP contribution >= 0.6 is 31.9 Å². The molecule has 1 amide bonds. The number of anilines is 3. The van der Waals surface area contributed by atoms with E-state index in [2.05, 4.69) is 47.5 Å². The smallest absolute Gasteiger partial charge is 0.221 e. The van der Waals surface area contributed by atoms with Gasteiger partial charge in [0.2, 0.25) is 5.91 Å². The topological polar surface area (TPSA) is 54.0 Å². The van der Waals surface area contributed by atoms with Crippen molar-refractivity contribution in [3.05, 3.63) is 45.5 Å². The van der Waals surface area contributed by atoms with E-state index < -0.39 is 0 Å². The minimum absolute atomic E-state index is 0.0852. The lowest BCUT2D eigenvalue weighted by molar-refractivity contribution is -0.114. The molecule has 0 fully saturated rings. The van der Waals surface area contributed by atoms with Gasteiger partial charge in [0.25, 0.3) is 0 Å². The summed E-state index contributed by atoms with van der Waals surface area (Å²) in [7, 11) is 0. The Morgan fingerprint density at radius 2 is 1.79 bits per heavy atom. The van der Waals surface area contributed by atoms with Gasteiger partial charge in [0.1, 0.15) is 5.82 Å². The van der Waals surface area contributed by atoms with Crippen LogP contribution in [0.3, 0.4) is 0 Å². The molecule has 98 valence electrons. The zero-order valence-electron chi connectivity index (χ0n) is 10.1. The zero-order valence-corrected chi connectivity index (χ0v) is 13.2. The molecular formula is C13H11Br2N3O. The number of aromatic nitrogens is 1. The summed E-state index contributed by atoms with van der Waals surface area (Å²) in [5, 5.41) is 5.91. The van der Waals surface area contributed by atoms with E-state index in [9.17, 15) is 4.79 Å². The Kier molecular flexibility index (Phi) is 4.55. The fourth-order valence-corrected chi connectivity index (χ4v) is 2.57. The first-order valence-electron chi connectivity index (χ1n) is 5.50. The molecule has 2 N–H and O–H groups in total. The number of nitrogens with zero attached hydrogens (tertiary/aromatic N) is 1. The molecule has 0 unspecified atom stereocenters. The van der Waals surface area contributed by atoms with Crippen molar-refractivity contribution in [3.63, 3.8) is 0 Å². The molecule has 0 saturated carbocycles. The van der Waals surface area contributed by atoms with Crippen molar-refractivity contribution in [2.45, 2.75) is 6.92 Å². The molecule has 0 aliphatic heterocycles. The Labute approximate surface area is 127 Å². The van der Waals surface area contributed by atoms with Gasteiger partial charge >= 0.3 is 0 Å². The minimum atomic E-state index is -0.0852. The van der Waals surface area contributed by atoms with E-state index in [0.717, 1.165) is 26.1 Å². The van der Waals surface area contributed by atoms with Gasteiger partial charge in [0.05, 0.1) is 4.47 Å². The zero-order chi connectivity index (χ0) is 13.8. The maximum atomic E-state index is 10.9. The van der Waals surface area contributed by atoms with Gasteiger partial charge in [-0.1, -0.05) is 0 Å². The summed E-state index contributed by atoms with van der Waals surface area (Å²) in [4.78, 5) is 15.2. The highest BCUT2D eigenvalue weighted by Crippen LogP contribution is 2.26. The lowest BCUT2D eigenvalue weighted by Gasteiger charge is -2.09. The maximum absolute atomic E-state index is 10.9. The number of hydrogen-bond donors (Lipinski definition) is 2. The predicted molar refractivity (Wildman–Crippen MR) is 83.7 cm³/mol. The number of pyridine rings is 1. The number of hydrogen-bond acceptors (Lipinski definition) is 3. The molecule has 0 bridgehead atoms. The van der Waals surface area contributed by atoms with Crippen molar-refractivity contribution in [2.75, 3.05) is 10.6 Å². The van der Waals surface area contributed by atoms with Gasteiger partial charge in [-0.05, 0) is 62.2 Å². The van der Waals surface area contributed by atoms with Crippen molar-refractivity contribution in [2.24, 2.45) is 0 Å².